The summed E-state index contributed by atoms with van der Waals surface area (Å²) in [4.78, 5) is 10.5. The summed E-state index contributed by atoms with van der Waals surface area (Å²) in [6.07, 6.45) is -0.414. The van der Waals surface area contributed by atoms with Gasteiger partial charge in [-0.05, 0) is 0 Å². The van der Waals surface area contributed by atoms with Crippen LogP contribution < -0.4 is 5.43 Å². The highest BCUT2D eigenvalue weighted by Crippen LogP contribution is 1.82. The van der Waals surface area contributed by atoms with Crippen molar-refractivity contribution in [3.63, 3.8) is 0 Å². The maximum absolute atomic E-state index is 10.5. The van der Waals surface area contributed by atoms with Gasteiger partial charge in [-0.1, -0.05) is 0 Å². The number of ether oxygens (including phenoxy) is 1. The summed E-state index contributed by atoms with van der Waals surface area (Å²) in [7, 11) is 6.83. The van der Waals surface area contributed by atoms with Gasteiger partial charge < -0.3 is 4.74 Å². The van der Waals surface area contributed by atoms with Crippen LogP contribution in [0, 0.1) is 0 Å². The molecular formula is C5H13N2O2+. The van der Waals surface area contributed by atoms with Gasteiger partial charge in [0, 0.05) is 0 Å². The Morgan fingerprint density at radius 1 is 1.44 bits per heavy atom. The van der Waals surface area contributed by atoms with Gasteiger partial charge in [-0.15, -0.1) is 0 Å². The van der Waals surface area contributed by atoms with Gasteiger partial charge in [0.1, 0.15) is 0 Å². The van der Waals surface area contributed by atoms with E-state index in [1.54, 1.807) is 0 Å². The van der Waals surface area contributed by atoms with E-state index in [0.717, 1.165) is 0 Å². The lowest BCUT2D eigenvalue weighted by molar-refractivity contribution is -0.906. The lowest BCUT2D eigenvalue weighted by Crippen LogP contribution is -2.51. The van der Waals surface area contributed by atoms with Crippen LogP contribution in [0.1, 0.15) is 0 Å². The molecule has 0 radical (unpaired) electrons. The fourth-order valence-corrected chi connectivity index (χ4v) is 0.320. The number of amides is 1. The first-order valence-corrected chi connectivity index (χ1v) is 2.63. The van der Waals surface area contributed by atoms with Crippen molar-refractivity contribution in [1.29, 1.82) is 0 Å². The summed E-state index contributed by atoms with van der Waals surface area (Å²) < 4.78 is 4.73. The number of quaternary nitrogens is 1. The van der Waals surface area contributed by atoms with Crippen LogP contribution >= 0.6 is 0 Å². The number of hydrogen-bond acceptors (Lipinski definition) is 2. The van der Waals surface area contributed by atoms with Gasteiger partial charge >= 0.3 is 6.09 Å². The Bertz CT molecular complexity index is 106. The number of methoxy groups -OCH3 is 1. The molecule has 0 aliphatic carbocycles. The first kappa shape index (κ1) is 8.23. The summed E-state index contributed by atoms with van der Waals surface area (Å²) in [5.74, 6) is 0. The van der Waals surface area contributed by atoms with Gasteiger partial charge in [0.25, 0.3) is 0 Å². The van der Waals surface area contributed by atoms with Crippen LogP contribution in [-0.2, 0) is 4.74 Å². The molecule has 9 heavy (non-hydrogen) atoms. The fourth-order valence-electron chi connectivity index (χ4n) is 0.320. The molecule has 0 aromatic rings. The number of rotatable bonds is 1. The molecule has 0 atom stereocenters. The Morgan fingerprint density at radius 3 is 2.00 bits per heavy atom. The maximum Gasteiger partial charge on any atom is 0.451 e. The highest BCUT2D eigenvalue weighted by atomic mass is 16.5. The average molecular weight is 133 g/mol. The van der Waals surface area contributed by atoms with Gasteiger partial charge in [-0.25, -0.2) is 9.39 Å². The molecule has 0 bridgehead atoms. The van der Waals surface area contributed by atoms with Gasteiger partial charge in [0.15, 0.2) is 0 Å². The second kappa shape index (κ2) is 2.68. The lowest BCUT2D eigenvalue weighted by atomic mass is 10.9. The summed E-state index contributed by atoms with van der Waals surface area (Å²) in [5.41, 5.74) is 2.55. The highest BCUT2D eigenvalue weighted by Gasteiger charge is 2.10. The second-order valence-corrected chi connectivity index (χ2v) is 2.62. The average Bonchev–Trinajstić information content (AvgIpc) is 1.62. The minimum atomic E-state index is -0.414. The second-order valence-electron chi connectivity index (χ2n) is 2.62. The molecule has 0 fully saturated rings. The van der Waals surface area contributed by atoms with E-state index in [-0.39, 0.29) is 0 Å². The van der Waals surface area contributed by atoms with E-state index in [2.05, 4.69) is 10.2 Å². The van der Waals surface area contributed by atoms with Crippen LogP contribution in [0.4, 0.5) is 4.79 Å². The Hall–Kier alpha value is -0.770. The summed E-state index contributed by atoms with van der Waals surface area (Å²) in [5, 5.41) is 0. The lowest BCUT2D eigenvalue weighted by Gasteiger charge is -2.21. The van der Waals surface area contributed by atoms with Gasteiger partial charge in [0.2, 0.25) is 0 Å². The van der Waals surface area contributed by atoms with Crippen LogP contribution in [0.3, 0.4) is 0 Å². The first-order chi connectivity index (χ1) is 3.95. The molecule has 4 nitrogen and oxygen atoms in total. The zero-order valence-corrected chi connectivity index (χ0v) is 6.26. The highest BCUT2D eigenvalue weighted by molar-refractivity contribution is 5.65. The molecule has 0 saturated heterocycles. The van der Waals surface area contributed by atoms with Crippen LogP contribution in [0.5, 0.6) is 0 Å². The summed E-state index contributed by atoms with van der Waals surface area (Å²) >= 11 is 0. The van der Waals surface area contributed by atoms with Crippen LogP contribution in [-0.4, -0.2) is 38.9 Å². The molecule has 0 unspecified atom stereocenters. The van der Waals surface area contributed by atoms with E-state index < -0.39 is 6.09 Å². The van der Waals surface area contributed by atoms with Crippen molar-refractivity contribution in [2.45, 2.75) is 0 Å². The Labute approximate surface area is 55.0 Å². The van der Waals surface area contributed by atoms with E-state index in [1.807, 2.05) is 21.1 Å². The third-order valence-electron chi connectivity index (χ3n) is 0.612. The Kier molecular flexibility index (Phi) is 2.45. The van der Waals surface area contributed by atoms with Crippen molar-refractivity contribution >= 4 is 6.09 Å². The predicted molar refractivity (Wildman–Crippen MR) is 33.6 cm³/mol. The third kappa shape index (κ3) is 5.10. The SMILES string of the molecule is COC(=O)N[N+](C)(C)C. The molecule has 4 heteroatoms. The smallest absolute Gasteiger partial charge is 0.450 e. The third-order valence-corrected chi connectivity index (χ3v) is 0.612. The van der Waals surface area contributed by atoms with E-state index >= 15 is 0 Å². The largest absolute Gasteiger partial charge is 0.451 e. The quantitative estimate of drug-likeness (QED) is 0.403. The predicted octanol–water partition coefficient (Wildman–Crippen LogP) is -0.0364. The van der Waals surface area contributed by atoms with Gasteiger partial charge in [-0.2, -0.15) is 5.43 Å². The molecule has 0 saturated carbocycles. The van der Waals surface area contributed by atoms with E-state index in [0.29, 0.717) is 4.59 Å². The zero-order valence-electron chi connectivity index (χ0n) is 6.26. The van der Waals surface area contributed by atoms with Crippen molar-refractivity contribution in [2.24, 2.45) is 0 Å². The summed E-state index contributed by atoms with van der Waals surface area (Å²) in [6, 6.07) is 0. The fraction of sp³-hybridized carbons (Fsp3) is 0.800. The van der Waals surface area contributed by atoms with Crippen molar-refractivity contribution in [3.8, 4) is 0 Å². The Morgan fingerprint density at radius 2 is 1.89 bits per heavy atom. The van der Waals surface area contributed by atoms with Gasteiger partial charge in [-0.3, -0.25) is 0 Å². The number of nitrogens with one attached hydrogen (secondary N) is 1. The van der Waals surface area contributed by atoms with Crippen molar-refractivity contribution < 1.29 is 14.1 Å². The molecule has 0 aliphatic rings. The molecule has 0 spiro atoms. The number of hydrogen-bond donors (Lipinski definition) is 1. The molecule has 0 heterocycles. The Balaban J connectivity index is 3.60. The molecule has 0 aromatic heterocycles. The number of nitrogens with zero attached hydrogens (tertiary/aromatic N) is 1. The van der Waals surface area contributed by atoms with Crippen molar-refractivity contribution in [2.75, 3.05) is 28.3 Å². The topological polar surface area (TPSA) is 38.3 Å². The monoisotopic (exact) mass is 133 g/mol. The number of carbonyl (C=O) groups excluding carboxylic acids is 1. The van der Waals surface area contributed by atoms with E-state index in [4.69, 9.17) is 0 Å². The maximum atomic E-state index is 10.5. The molecule has 54 valence electrons. The summed E-state index contributed by atoms with van der Waals surface area (Å²) in [6.45, 7) is 0. The van der Waals surface area contributed by atoms with Crippen molar-refractivity contribution in [3.05, 3.63) is 0 Å². The molecule has 1 amide bonds. The number of carbonyl (C=O) groups is 1. The minimum absolute atomic E-state index is 0.368. The molecule has 0 aromatic carbocycles. The van der Waals surface area contributed by atoms with E-state index in [1.165, 1.54) is 7.11 Å². The van der Waals surface area contributed by atoms with Crippen LogP contribution in [0.15, 0.2) is 0 Å². The van der Waals surface area contributed by atoms with Gasteiger partial charge in [0.05, 0.1) is 28.3 Å². The minimum Gasteiger partial charge on any atom is -0.450 e. The molecular weight excluding hydrogens is 120 g/mol. The standard InChI is InChI=1S/C5H12N2O2/c1-7(2,3)6-5(8)9-4/h1-4H3/p+1. The van der Waals surface area contributed by atoms with Crippen molar-refractivity contribution in [1.82, 2.24) is 5.43 Å². The molecule has 1 N–H and O–H groups in total. The zero-order chi connectivity index (χ0) is 7.49. The van der Waals surface area contributed by atoms with Crippen LogP contribution in [0.2, 0.25) is 0 Å². The molecule has 0 aliphatic heterocycles. The molecule has 0 rings (SSSR count). The van der Waals surface area contributed by atoms with Crippen LogP contribution in [0.25, 0.3) is 0 Å². The normalized spacial score (nSPS) is 10.7. The first-order valence-electron chi connectivity index (χ1n) is 2.63. The van der Waals surface area contributed by atoms with E-state index in [9.17, 15) is 4.79 Å².